The number of aromatic nitrogens is 2. The maximum Gasteiger partial charge on any atom is 0.0613 e. The van der Waals surface area contributed by atoms with Gasteiger partial charge >= 0.3 is 0 Å². The van der Waals surface area contributed by atoms with E-state index in [2.05, 4.69) is 63.3 Å². The summed E-state index contributed by atoms with van der Waals surface area (Å²) in [5.41, 5.74) is 9.53. The van der Waals surface area contributed by atoms with Crippen LogP contribution in [0.5, 0.6) is 0 Å². The van der Waals surface area contributed by atoms with Gasteiger partial charge in [0.2, 0.25) is 0 Å². The quantitative estimate of drug-likeness (QED) is 0.916. The Balaban J connectivity index is 2.25. The minimum absolute atomic E-state index is 0.191. The van der Waals surface area contributed by atoms with Gasteiger partial charge in [-0.1, -0.05) is 45.0 Å². The normalized spacial score (nSPS) is 13.5. The van der Waals surface area contributed by atoms with Crippen molar-refractivity contribution in [3.63, 3.8) is 0 Å². The van der Waals surface area contributed by atoms with E-state index in [-0.39, 0.29) is 11.5 Å². The summed E-state index contributed by atoms with van der Waals surface area (Å²) in [6.45, 7) is 9.35. The summed E-state index contributed by atoms with van der Waals surface area (Å²) < 4.78 is 1.92. The van der Waals surface area contributed by atoms with Gasteiger partial charge < -0.3 is 5.73 Å². The molecular weight excluding hydrogens is 234 g/mol. The Morgan fingerprint density at radius 2 is 1.79 bits per heavy atom. The molecule has 1 aromatic carbocycles. The van der Waals surface area contributed by atoms with Crippen LogP contribution in [0.4, 0.5) is 0 Å². The lowest BCUT2D eigenvalue weighted by atomic mass is 9.86. The molecule has 0 aliphatic carbocycles. The number of hydrogen-bond donors (Lipinski definition) is 1. The van der Waals surface area contributed by atoms with Gasteiger partial charge in [-0.3, -0.25) is 4.68 Å². The fraction of sp³-hybridized carbons (Fsp3) is 0.438. The summed E-state index contributed by atoms with van der Waals surface area (Å²) in [7, 11) is 0. The first-order valence-electron chi connectivity index (χ1n) is 6.77. The van der Waals surface area contributed by atoms with Gasteiger partial charge in [0.25, 0.3) is 0 Å². The third-order valence-corrected chi connectivity index (χ3v) is 3.48. The number of nitrogens with two attached hydrogens (primary N) is 1. The molecule has 1 atom stereocenters. The van der Waals surface area contributed by atoms with Crippen molar-refractivity contribution in [2.75, 3.05) is 6.54 Å². The second-order valence-corrected chi connectivity index (χ2v) is 6.12. The zero-order valence-corrected chi connectivity index (χ0v) is 12.2. The maximum atomic E-state index is 5.66. The molecule has 2 rings (SSSR count). The average Bonchev–Trinajstić information content (AvgIpc) is 2.86. The van der Waals surface area contributed by atoms with Gasteiger partial charge in [0.15, 0.2) is 0 Å². The molecule has 0 aliphatic rings. The number of benzene rings is 1. The van der Waals surface area contributed by atoms with E-state index in [9.17, 15) is 0 Å². The molecule has 0 spiro atoms. The summed E-state index contributed by atoms with van der Waals surface area (Å²) >= 11 is 0. The molecule has 1 heterocycles. The van der Waals surface area contributed by atoms with Crippen molar-refractivity contribution in [2.24, 2.45) is 5.73 Å². The standard InChI is InChI=1S/C16H23N3/c1-12(9-17)19-11-14(10-18-19)13-5-7-15(8-6-13)16(2,3)4/h5-8,10-12H,9,17H2,1-4H3. The van der Waals surface area contributed by atoms with E-state index < -0.39 is 0 Å². The molecule has 0 amide bonds. The smallest absolute Gasteiger partial charge is 0.0613 e. The number of nitrogens with zero attached hydrogens (tertiary/aromatic N) is 2. The largest absolute Gasteiger partial charge is 0.328 e. The molecule has 0 saturated heterocycles. The van der Waals surface area contributed by atoms with Gasteiger partial charge in [0.05, 0.1) is 12.2 Å². The molecular formula is C16H23N3. The van der Waals surface area contributed by atoms with Crippen molar-refractivity contribution < 1.29 is 0 Å². The Bertz CT molecular complexity index is 532. The Kier molecular flexibility index (Phi) is 3.76. The van der Waals surface area contributed by atoms with Gasteiger partial charge in [-0.15, -0.1) is 0 Å². The first-order chi connectivity index (χ1) is 8.91. The molecule has 3 heteroatoms. The maximum absolute atomic E-state index is 5.66. The second kappa shape index (κ2) is 5.17. The molecule has 0 fully saturated rings. The van der Waals surface area contributed by atoms with E-state index in [1.807, 2.05) is 10.9 Å². The van der Waals surface area contributed by atoms with Crippen LogP contribution in [-0.4, -0.2) is 16.3 Å². The van der Waals surface area contributed by atoms with Crippen LogP contribution in [0.2, 0.25) is 0 Å². The Morgan fingerprint density at radius 3 is 2.32 bits per heavy atom. The average molecular weight is 257 g/mol. The van der Waals surface area contributed by atoms with Gasteiger partial charge in [-0.25, -0.2) is 0 Å². The van der Waals surface area contributed by atoms with Crippen LogP contribution in [0.25, 0.3) is 11.1 Å². The van der Waals surface area contributed by atoms with E-state index >= 15 is 0 Å². The van der Waals surface area contributed by atoms with Crippen molar-refractivity contribution in [1.29, 1.82) is 0 Å². The van der Waals surface area contributed by atoms with E-state index in [1.165, 1.54) is 11.1 Å². The lowest BCUT2D eigenvalue weighted by Gasteiger charge is -2.19. The van der Waals surface area contributed by atoms with Crippen molar-refractivity contribution >= 4 is 0 Å². The molecule has 2 N–H and O–H groups in total. The molecule has 0 radical (unpaired) electrons. The van der Waals surface area contributed by atoms with Crippen molar-refractivity contribution in [3.05, 3.63) is 42.2 Å². The fourth-order valence-electron chi connectivity index (χ4n) is 2.00. The number of hydrogen-bond acceptors (Lipinski definition) is 2. The zero-order valence-electron chi connectivity index (χ0n) is 12.2. The molecule has 1 unspecified atom stereocenters. The van der Waals surface area contributed by atoms with Crippen LogP contribution in [0, 0.1) is 0 Å². The van der Waals surface area contributed by atoms with Crippen LogP contribution in [-0.2, 0) is 5.41 Å². The summed E-state index contributed by atoms with van der Waals surface area (Å²) in [6, 6.07) is 8.95. The molecule has 102 valence electrons. The highest BCUT2D eigenvalue weighted by atomic mass is 15.3. The molecule has 19 heavy (non-hydrogen) atoms. The van der Waals surface area contributed by atoms with Gasteiger partial charge in [0.1, 0.15) is 0 Å². The molecule has 0 bridgehead atoms. The highest BCUT2D eigenvalue weighted by molar-refractivity contribution is 5.62. The van der Waals surface area contributed by atoms with Crippen LogP contribution < -0.4 is 5.73 Å². The predicted molar refractivity (Wildman–Crippen MR) is 80.1 cm³/mol. The molecule has 0 saturated carbocycles. The lowest BCUT2D eigenvalue weighted by molar-refractivity contribution is 0.501. The van der Waals surface area contributed by atoms with Crippen LogP contribution >= 0.6 is 0 Å². The van der Waals surface area contributed by atoms with E-state index in [1.54, 1.807) is 0 Å². The van der Waals surface area contributed by atoms with Gasteiger partial charge in [-0.05, 0) is 23.5 Å². The fourth-order valence-corrected chi connectivity index (χ4v) is 2.00. The summed E-state index contributed by atoms with van der Waals surface area (Å²) in [5, 5.41) is 4.37. The number of rotatable bonds is 3. The topological polar surface area (TPSA) is 43.8 Å². The van der Waals surface area contributed by atoms with Crippen LogP contribution in [0.3, 0.4) is 0 Å². The zero-order chi connectivity index (χ0) is 14.0. The highest BCUT2D eigenvalue weighted by Crippen LogP contribution is 2.26. The third kappa shape index (κ3) is 3.04. The second-order valence-electron chi connectivity index (χ2n) is 6.12. The predicted octanol–water partition coefficient (Wildman–Crippen LogP) is 3.37. The molecule has 1 aromatic heterocycles. The van der Waals surface area contributed by atoms with Gasteiger partial charge in [0, 0.05) is 18.3 Å². The molecule has 3 nitrogen and oxygen atoms in total. The van der Waals surface area contributed by atoms with Crippen LogP contribution in [0.1, 0.15) is 39.3 Å². The monoisotopic (exact) mass is 257 g/mol. The van der Waals surface area contributed by atoms with Crippen molar-refractivity contribution in [2.45, 2.75) is 39.2 Å². The summed E-state index contributed by atoms with van der Waals surface area (Å²) in [6.07, 6.45) is 3.96. The molecule has 2 aromatic rings. The van der Waals surface area contributed by atoms with Crippen LogP contribution in [0.15, 0.2) is 36.7 Å². The van der Waals surface area contributed by atoms with E-state index in [0.717, 1.165) is 5.56 Å². The van der Waals surface area contributed by atoms with Crippen molar-refractivity contribution in [1.82, 2.24) is 9.78 Å². The summed E-state index contributed by atoms with van der Waals surface area (Å²) in [5.74, 6) is 0. The Hall–Kier alpha value is -1.61. The van der Waals surface area contributed by atoms with E-state index in [4.69, 9.17) is 5.73 Å². The minimum atomic E-state index is 0.191. The van der Waals surface area contributed by atoms with Gasteiger partial charge in [-0.2, -0.15) is 5.10 Å². The van der Waals surface area contributed by atoms with Crippen molar-refractivity contribution in [3.8, 4) is 11.1 Å². The summed E-state index contributed by atoms with van der Waals surface area (Å²) in [4.78, 5) is 0. The van der Waals surface area contributed by atoms with E-state index in [0.29, 0.717) is 6.54 Å². The minimum Gasteiger partial charge on any atom is -0.328 e. The first-order valence-corrected chi connectivity index (χ1v) is 6.77. The Labute approximate surface area is 115 Å². The Morgan fingerprint density at radius 1 is 1.16 bits per heavy atom. The lowest BCUT2D eigenvalue weighted by Crippen LogP contribution is -2.16. The SMILES string of the molecule is CC(CN)n1cc(-c2ccc(C(C)(C)C)cc2)cn1. The molecule has 0 aliphatic heterocycles. The highest BCUT2D eigenvalue weighted by Gasteiger charge is 2.13. The first kappa shape index (κ1) is 13.8. The third-order valence-electron chi connectivity index (χ3n) is 3.48.